The van der Waals surface area contributed by atoms with E-state index in [0.717, 1.165) is 0 Å². The summed E-state index contributed by atoms with van der Waals surface area (Å²) in [5, 5.41) is 8.96. The number of H-pyrrole nitrogens is 1. The predicted octanol–water partition coefficient (Wildman–Crippen LogP) is 0.636. The van der Waals surface area contributed by atoms with E-state index in [9.17, 15) is 4.79 Å². The number of hydrogen-bond donors (Lipinski definition) is 2. The van der Waals surface area contributed by atoms with E-state index in [-0.39, 0.29) is 5.91 Å². The second-order valence-corrected chi connectivity index (χ2v) is 3.03. The van der Waals surface area contributed by atoms with Crippen LogP contribution in [0.2, 0.25) is 0 Å². The molecular formula is C9H10N4O2. The lowest BCUT2D eigenvalue weighted by molar-refractivity contribution is 0.0921. The van der Waals surface area contributed by atoms with Crippen LogP contribution in [0.1, 0.15) is 22.1 Å². The van der Waals surface area contributed by atoms with Gasteiger partial charge in [0.25, 0.3) is 5.91 Å². The molecule has 0 aliphatic heterocycles. The van der Waals surface area contributed by atoms with E-state index in [1.807, 2.05) is 0 Å². The molecule has 0 bridgehead atoms. The molecule has 0 aliphatic carbocycles. The van der Waals surface area contributed by atoms with Gasteiger partial charge in [-0.2, -0.15) is 5.10 Å². The van der Waals surface area contributed by atoms with Crippen molar-refractivity contribution >= 4 is 5.91 Å². The van der Waals surface area contributed by atoms with Gasteiger partial charge in [-0.1, -0.05) is 0 Å². The number of nitrogens with one attached hydrogen (secondary N) is 2. The van der Waals surface area contributed by atoms with Gasteiger partial charge in [0.05, 0.1) is 6.54 Å². The Morgan fingerprint density at radius 2 is 2.47 bits per heavy atom. The first-order chi connectivity index (χ1) is 7.25. The molecule has 0 saturated heterocycles. The third-order valence-corrected chi connectivity index (χ3v) is 1.85. The second kappa shape index (κ2) is 3.95. The maximum absolute atomic E-state index is 11.5. The van der Waals surface area contributed by atoms with Crippen LogP contribution >= 0.6 is 0 Å². The fraction of sp³-hybridized carbons (Fsp3) is 0.222. The number of carbonyl (C=O) groups excluding carboxylic acids is 1. The van der Waals surface area contributed by atoms with Crippen molar-refractivity contribution in [3.8, 4) is 0 Å². The number of rotatable bonds is 3. The summed E-state index contributed by atoms with van der Waals surface area (Å²) in [6.07, 6.45) is 1.39. The lowest BCUT2D eigenvalue weighted by atomic mass is 10.4. The fourth-order valence-corrected chi connectivity index (χ4v) is 1.12. The molecular weight excluding hydrogens is 196 g/mol. The van der Waals surface area contributed by atoms with Crippen molar-refractivity contribution in [3.05, 3.63) is 35.8 Å². The minimum absolute atomic E-state index is 0.264. The maximum atomic E-state index is 11.5. The number of amides is 1. The van der Waals surface area contributed by atoms with Gasteiger partial charge >= 0.3 is 0 Å². The standard InChI is InChI=1S/C9H10N4O2/c1-6-2-3-7(15-6)9(14)10-4-8-11-5-12-13-8/h2-3,5H,4H2,1H3,(H,10,14)(H,11,12,13). The van der Waals surface area contributed by atoms with Crippen LogP contribution in [0.15, 0.2) is 22.9 Å². The monoisotopic (exact) mass is 206 g/mol. The third-order valence-electron chi connectivity index (χ3n) is 1.85. The molecule has 0 atom stereocenters. The zero-order valence-corrected chi connectivity index (χ0v) is 8.15. The van der Waals surface area contributed by atoms with E-state index in [2.05, 4.69) is 20.5 Å². The quantitative estimate of drug-likeness (QED) is 0.771. The molecule has 2 rings (SSSR count). The molecule has 2 aromatic rings. The number of furan rings is 1. The first-order valence-corrected chi connectivity index (χ1v) is 4.44. The van der Waals surface area contributed by atoms with E-state index in [4.69, 9.17) is 4.42 Å². The normalized spacial score (nSPS) is 10.2. The lowest BCUT2D eigenvalue weighted by Gasteiger charge is -1.99. The van der Waals surface area contributed by atoms with Crippen molar-refractivity contribution in [1.82, 2.24) is 20.5 Å². The van der Waals surface area contributed by atoms with Gasteiger partial charge in [-0.05, 0) is 19.1 Å². The Hall–Kier alpha value is -2.11. The molecule has 2 aromatic heterocycles. The third kappa shape index (κ3) is 2.22. The van der Waals surface area contributed by atoms with Crippen LogP contribution in [0.25, 0.3) is 0 Å². The van der Waals surface area contributed by atoms with Gasteiger partial charge in [0.2, 0.25) is 0 Å². The van der Waals surface area contributed by atoms with Crippen LogP contribution < -0.4 is 5.32 Å². The molecule has 0 aliphatic rings. The summed E-state index contributed by atoms with van der Waals surface area (Å²) in [6.45, 7) is 2.09. The summed E-state index contributed by atoms with van der Waals surface area (Å²) < 4.78 is 5.16. The predicted molar refractivity (Wildman–Crippen MR) is 51.0 cm³/mol. The average molecular weight is 206 g/mol. The van der Waals surface area contributed by atoms with E-state index in [1.165, 1.54) is 6.33 Å². The number of nitrogens with zero attached hydrogens (tertiary/aromatic N) is 2. The van der Waals surface area contributed by atoms with Crippen LogP contribution in [-0.2, 0) is 6.54 Å². The molecule has 6 nitrogen and oxygen atoms in total. The summed E-state index contributed by atoms with van der Waals surface area (Å²) in [6, 6.07) is 3.37. The fourth-order valence-electron chi connectivity index (χ4n) is 1.12. The lowest BCUT2D eigenvalue weighted by Crippen LogP contribution is -2.22. The minimum atomic E-state index is -0.264. The molecule has 0 saturated carbocycles. The zero-order chi connectivity index (χ0) is 10.7. The highest BCUT2D eigenvalue weighted by Gasteiger charge is 2.09. The summed E-state index contributed by atoms with van der Waals surface area (Å²) in [5.41, 5.74) is 0. The number of aromatic amines is 1. The molecule has 6 heteroatoms. The Balaban J connectivity index is 1.93. The van der Waals surface area contributed by atoms with Gasteiger partial charge in [0.1, 0.15) is 17.9 Å². The smallest absolute Gasteiger partial charge is 0.287 e. The first-order valence-electron chi connectivity index (χ1n) is 4.44. The van der Waals surface area contributed by atoms with Gasteiger partial charge in [-0.3, -0.25) is 9.89 Å². The summed E-state index contributed by atoms with van der Waals surface area (Å²) >= 11 is 0. The second-order valence-electron chi connectivity index (χ2n) is 3.03. The number of aromatic nitrogens is 3. The van der Waals surface area contributed by atoms with Gasteiger partial charge in [0.15, 0.2) is 5.76 Å². The molecule has 2 N–H and O–H groups in total. The van der Waals surface area contributed by atoms with Crippen LogP contribution in [0.3, 0.4) is 0 Å². The largest absolute Gasteiger partial charge is 0.456 e. The topological polar surface area (TPSA) is 83.8 Å². The molecule has 15 heavy (non-hydrogen) atoms. The number of hydrogen-bond acceptors (Lipinski definition) is 4. The highest BCUT2D eigenvalue weighted by Crippen LogP contribution is 2.05. The summed E-state index contributed by atoms with van der Waals surface area (Å²) in [7, 11) is 0. The van der Waals surface area contributed by atoms with E-state index in [1.54, 1.807) is 19.1 Å². The highest BCUT2D eigenvalue weighted by molar-refractivity contribution is 5.91. The maximum Gasteiger partial charge on any atom is 0.287 e. The van der Waals surface area contributed by atoms with Crippen molar-refractivity contribution in [2.45, 2.75) is 13.5 Å². The highest BCUT2D eigenvalue weighted by atomic mass is 16.3. The van der Waals surface area contributed by atoms with Crippen LogP contribution in [0, 0.1) is 6.92 Å². The Labute approximate surface area is 85.7 Å². The molecule has 2 heterocycles. The zero-order valence-electron chi connectivity index (χ0n) is 8.15. The first kappa shape index (κ1) is 9.45. The molecule has 0 fully saturated rings. The summed E-state index contributed by atoms with van der Waals surface area (Å²) in [5.74, 6) is 1.35. The van der Waals surface area contributed by atoms with Crippen LogP contribution in [-0.4, -0.2) is 21.1 Å². The van der Waals surface area contributed by atoms with Crippen molar-refractivity contribution in [1.29, 1.82) is 0 Å². The molecule has 0 aromatic carbocycles. The molecule has 0 spiro atoms. The molecule has 0 unspecified atom stereocenters. The Morgan fingerprint density at radius 1 is 1.60 bits per heavy atom. The van der Waals surface area contributed by atoms with Gasteiger partial charge in [0, 0.05) is 0 Å². The Kier molecular flexibility index (Phi) is 2.49. The molecule has 78 valence electrons. The van der Waals surface area contributed by atoms with Crippen molar-refractivity contribution in [2.24, 2.45) is 0 Å². The van der Waals surface area contributed by atoms with Crippen LogP contribution in [0.4, 0.5) is 0 Å². The molecule has 0 radical (unpaired) electrons. The SMILES string of the molecule is Cc1ccc(C(=O)NCc2ncn[nH]2)o1. The number of aryl methyl sites for hydroxylation is 1. The average Bonchev–Trinajstić information content (AvgIpc) is 2.84. The van der Waals surface area contributed by atoms with Gasteiger partial charge < -0.3 is 9.73 Å². The summed E-state index contributed by atoms with van der Waals surface area (Å²) in [4.78, 5) is 15.4. The van der Waals surface area contributed by atoms with E-state index < -0.39 is 0 Å². The minimum Gasteiger partial charge on any atom is -0.456 e. The van der Waals surface area contributed by atoms with Crippen LogP contribution in [0.5, 0.6) is 0 Å². The Bertz CT molecular complexity index is 446. The molecule has 1 amide bonds. The number of carbonyl (C=O) groups is 1. The van der Waals surface area contributed by atoms with Crippen molar-refractivity contribution in [3.63, 3.8) is 0 Å². The van der Waals surface area contributed by atoms with E-state index in [0.29, 0.717) is 23.9 Å². The Morgan fingerprint density at radius 3 is 3.07 bits per heavy atom. The van der Waals surface area contributed by atoms with E-state index >= 15 is 0 Å². The van der Waals surface area contributed by atoms with Crippen molar-refractivity contribution < 1.29 is 9.21 Å². The van der Waals surface area contributed by atoms with Gasteiger partial charge in [-0.15, -0.1) is 0 Å². The van der Waals surface area contributed by atoms with Gasteiger partial charge in [-0.25, -0.2) is 4.98 Å². The van der Waals surface area contributed by atoms with Crippen molar-refractivity contribution in [2.75, 3.05) is 0 Å².